The highest BCUT2D eigenvalue weighted by Crippen LogP contribution is 2.14. The molecule has 1 saturated heterocycles. The minimum Gasteiger partial charge on any atom is -0.381 e. The number of halogens is 1. The van der Waals surface area contributed by atoms with Crippen molar-refractivity contribution in [2.24, 2.45) is 10.9 Å². The molecule has 2 heterocycles. The standard InChI is InChI=1S/C25H39N5O2.HI/c1-2-26-25(28-13-7-17-32-21-23-11-18-31-19-12-23)29-20-24-27-14-16-30(24)15-6-10-22-8-4-3-5-9-22;/h3-5,8-9,14,16,23H,2,6-7,10-13,15,17-21H2,1H3,(H2,26,28,29);1H. The fourth-order valence-corrected chi connectivity index (χ4v) is 3.83. The minimum absolute atomic E-state index is 0. The molecule has 0 unspecified atom stereocenters. The first-order chi connectivity index (χ1) is 15.8. The van der Waals surface area contributed by atoms with E-state index in [0.717, 1.165) is 89.9 Å². The molecule has 184 valence electrons. The quantitative estimate of drug-likeness (QED) is 0.165. The van der Waals surface area contributed by atoms with Gasteiger partial charge in [0, 0.05) is 58.5 Å². The molecular formula is C25H40IN5O2. The molecule has 2 N–H and O–H groups in total. The SMILES string of the molecule is CCNC(=NCc1nccn1CCCc1ccccc1)NCCCOCC1CCOCC1.I. The number of aromatic nitrogens is 2. The second kappa shape index (κ2) is 16.9. The fraction of sp³-hybridized carbons (Fsp3) is 0.600. The van der Waals surface area contributed by atoms with Crippen LogP contribution >= 0.6 is 24.0 Å². The van der Waals surface area contributed by atoms with E-state index in [9.17, 15) is 0 Å². The van der Waals surface area contributed by atoms with Crippen LogP contribution < -0.4 is 10.6 Å². The molecule has 1 aromatic heterocycles. The Bertz CT molecular complexity index is 778. The number of nitrogens with zero attached hydrogens (tertiary/aromatic N) is 3. The van der Waals surface area contributed by atoms with Crippen LogP contribution in [-0.2, 0) is 29.0 Å². The first-order valence-corrected chi connectivity index (χ1v) is 12.1. The smallest absolute Gasteiger partial charge is 0.191 e. The van der Waals surface area contributed by atoms with Crippen molar-refractivity contribution in [3.8, 4) is 0 Å². The highest BCUT2D eigenvalue weighted by Gasteiger charge is 2.13. The topological polar surface area (TPSA) is 72.7 Å². The third-order valence-corrected chi connectivity index (χ3v) is 5.68. The Morgan fingerprint density at radius 1 is 1.18 bits per heavy atom. The number of hydrogen-bond donors (Lipinski definition) is 2. The van der Waals surface area contributed by atoms with Crippen LogP contribution in [0, 0.1) is 5.92 Å². The first-order valence-electron chi connectivity index (χ1n) is 12.1. The molecule has 33 heavy (non-hydrogen) atoms. The van der Waals surface area contributed by atoms with Gasteiger partial charge in [-0.15, -0.1) is 24.0 Å². The number of benzene rings is 1. The van der Waals surface area contributed by atoms with Crippen LogP contribution in [0.15, 0.2) is 47.7 Å². The van der Waals surface area contributed by atoms with Crippen molar-refractivity contribution in [2.75, 3.05) is 39.5 Å². The molecule has 8 heteroatoms. The lowest BCUT2D eigenvalue weighted by molar-refractivity contribution is 0.0203. The summed E-state index contributed by atoms with van der Waals surface area (Å²) in [5.41, 5.74) is 1.38. The summed E-state index contributed by atoms with van der Waals surface area (Å²) in [5.74, 6) is 2.48. The van der Waals surface area contributed by atoms with Crippen molar-refractivity contribution >= 4 is 29.9 Å². The zero-order valence-corrected chi connectivity index (χ0v) is 22.2. The Balaban J connectivity index is 0.00000385. The van der Waals surface area contributed by atoms with Crippen molar-refractivity contribution in [2.45, 2.75) is 52.1 Å². The molecule has 2 aromatic rings. The van der Waals surface area contributed by atoms with E-state index in [0.29, 0.717) is 12.5 Å². The van der Waals surface area contributed by atoms with E-state index in [1.807, 2.05) is 12.4 Å². The molecule has 0 saturated carbocycles. The van der Waals surface area contributed by atoms with Gasteiger partial charge in [-0.3, -0.25) is 0 Å². The molecule has 7 nitrogen and oxygen atoms in total. The van der Waals surface area contributed by atoms with Crippen molar-refractivity contribution < 1.29 is 9.47 Å². The predicted molar refractivity (Wildman–Crippen MR) is 144 cm³/mol. The van der Waals surface area contributed by atoms with Crippen molar-refractivity contribution in [1.82, 2.24) is 20.2 Å². The molecule has 0 aliphatic carbocycles. The maximum atomic E-state index is 5.85. The number of aryl methyl sites for hydroxylation is 2. The third kappa shape index (κ3) is 10.9. The van der Waals surface area contributed by atoms with Crippen molar-refractivity contribution in [1.29, 1.82) is 0 Å². The van der Waals surface area contributed by atoms with Crippen LogP contribution in [-0.4, -0.2) is 55.0 Å². The fourth-order valence-electron chi connectivity index (χ4n) is 3.83. The number of guanidine groups is 1. The summed E-state index contributed by atoms with van der Waals surface area (Å²) in [5, 5.41) is 6.73. The van der Waals surface area contributed by atoms with Crippen LogP contribution in [0.25, 0.3) is 0 Å². The summed E-state index contributed by atoms with van der Waals surface area (Å²) in [4.78, 5) is 9.24. The number of hydrogen-bond acceptors (Lipinski definition) is 4. The zero-order valence-electron chi connectivity index (χ0n) is 19.9. The van der Waals surface area contributed by atoms with E-state index in [1.54, 1.807) is 0 Å². The van der Waals surface area contributed by atoms with Crippen LogP contribution in [0.4, 0.5) is 0 Å². The van der Waals surface area contributed by atoms with E-state index in [-0.39, 0.29) is 24.0 Å². The Hall–Kier alpha value is -1.65. The summed E-state index contributed by atoms with van der Waals surface area (Å²) in [6, 6.07) is 10.6. The van der Waals surface area contributed by atoms with Gasteiger partial charge in [0.25, 0.3) is 0 Å². The summed E-state index contributed by atoms with van der Waals surface area (Å²) in [6.45, 7) is 8.65. The molecule has 1 aliphatic heterocycles. The van der Waals surface area contributed by atoms with E-state index >= 15 is 0 Å². The molecular weight excluding hydrogens is 529 g/mol. The average Bonchev–Trinajstić information content (AvgIpc) is 3.28. The highest BCUT2D eigenvalue weighted by molar-refractivity contribution is 14.0. The van der Waals surface area contributed by atoms with Gasteiger partial charge >= 0.3 is 0 Å². The normalized spacial score (nSPS) is 14.6. The summed E-state index contributed by atoms with van der Waals surface area (Å²) >= 11 is 0. The van der Waals surface area contributed by atoms with Gasteiger partial charge < -0.3 is 24.7 Å². The summed E-state index contributed by atoms with van der Waals surface area (Å²) in [6.07, 6.45) is 9.28. The lowest BCUT2D eigenvalue weighted by Gasteiger charge is -2.21. The second-order valence-corrected chi connectivity index (χ2v) is 8.23. The molecule has 0 bridgehead atoms. The average molecular weight is 570 g/mol. The van der Waals surface area contributed by atoms with E-state index in [2.05, 4.69) is 57.4 Å². The number of aliphatic imine (C=N–C) groups is 1. The van der Waals surface area contributed by atoms with Gasteiger partial charge in [0.05, 0.1) is 0 Å². The maximum Gasteiger partial charge on any atom is 0.191 e. The summed E-state index contributed by atoms with van der Waals surface area (Å²) in [7, 11) is 0. The number of imidazole rings is 1. The summed E-state index contributed by atoms with van der Waals surface area (Å²) < 4.78 is 13.5. The largest absolute Gasteiger partial charge is 0.381 e. The molecule has 0 atom stereocenters. The van der Waals surface area contributed by atoms with Crippen LogP contribution in [0.1, 0.15) is 44.0 Å². The van der Waals surface area contributed by atoms with E-state index in [1.165, 1.54) is 5.56 Å². The van der Waals surface area contributed by atoms with Crippen LogP contribution in [0.3, 0.4) is 0 Å². The lowest BCUT2D eigenvalue weighted by Crippen LogP contribution is -2.38. The highest BCUT2D eigenvalue weighted by atomic mass is 127. The minimum atomic E-state index is 0. The predicted octanol–water partition coefficient (Wildman–Crippen LogP) is 4.02. The Morgan fingerprint density at radius 3 is 2.79 bits per heavy atom. The van der Waals surface area contributed by atoms with Gasteiger partial charge in [-0.2, -0.15) is 0 Å². The Morgan fingerprint density at radius 2 is 2.00 bits per heavy atom. The van der Waals surface area contributed by atoms with Crippen molar-refractivity contribution in [3.63, 3.8) is 0 Å². The third-order valence-electron chi connectivity index (χ3n) is 5.68. The van der Waals surface area contributed by atoms with Crippen LogP contribution in [0.5, 0.6) is 0 Å². The Kier molecular flexibility index (Phi) is 14.1. The Labute approximate surface area is 215 Å². The molecule has 1 aromatic carbocycles. The molecule has 1 fully saturated rings. The van der Waals surface area contributed by atoms with Gasteiger partial charge in [-0.05, 0) is 50.5 Å². The number of ether oxygens (including phenoxy) is 2. The zero-order chi connectivity index (χ0) is 22.3. The maximum absolute atomic E-state index is 5.85. The van der Waals surface area contributed by atoms with Crippen LogP contribution in [0.2, 0.25) is 0 Å². The molecule has 3 rings (SSSR count). The van der Waals surface area contributed by atoms with E-state index in [4.69, 9.17) is 14.5 Å². The van der Waals surface area contributed by atoms with Gasteiger partial charge in [0.1, 0.15) is 12.4 Å². The molecule has 0 amide bonds. The molecule has 0 radical (unpaired) electrons. The van der Waals surface area contributed by atoms with Gasteiger partial charge in [0.2, 0.25) is 0 Å². The van der Waals surface area contributed by atoms with Gasteiger partial charge in [-0.25, -0.2) is 9.98 Å². The van der Waals surface area contributed by atoms with Gasteiger partial charge in [-0.1, -0.05) is 30.3 Å². The van der Waals surface area contributed by atoms with Crippen molar-refractivity contribution in [3.05, 3.63) is 54.1 Å². The lowest BCUT2D eigenvalue weighted by atomic mass is 10.0. The number of rotatable bonds is 13. The molecule has 1 aliphatic rings. The number of nitrogens with one attached hydrogen (secondary N) is 2. The first kappa shape index (κ1) is 27.6. The van der Waals surface area contributed by atoms with E-state index < -0.39 is 0 Å². The molecule has 0 spiro atoms. The second-order valence-electron chi connectivity index (χ2n) is 8.23. The van der Waals surface area contributed by atoms with Gasteiger partial charge in [0.15, 0.2) is 5.96 Å². The monoisotopic (exact) mass is 569 g/mol.